The van der Waals surface area contributed by atoms with Gasteiger partial charge in [-0.3, -0.25) is 0 Å². The van der Waals surface area contributed by atoms with Crippen molar-refractivity contribution in [2.24, 2.45) is 0 Å². The van der Waals surface area contributed by atoms with E-state index in [1.54, 1.807) is 18.2 Å². The van der Waals surface area contributed by atoms with Crippen molar-refractivity contribution in [1.29, 1.82) is 0 Å². The third-order valence-corrected chi connectivity index (χ3v) is 3.03. The van der Waals surface area contributed by atoms with Crippen molar-refractivity contribution in [3.8, 4) is 5.75 Å². The van der Waals surface area contributed by atoms with Gasteiger partial charge in [-0.15, -0.1) is 0 Å². The number of methoxy groups -OCH3 is 1. The van der Waals surface area contributed by atoms with Gasteiger partial charge in [-0.2, -0.15) is 0 Å². The van der Waals surface area contributed by atoms with E-state index in [0.29, 0.717) is 11.3 Å². The van der Waals surface area contributed by atoms with Crippen molar-refractivity contribution in [1.82, 2.24) is 0 Å². The number of rotatable bonds is 5. The first kappa shape index (κ1) is 13.9. The standard InChI is InChI=1S/C16H17NO3/c1-11-6-5-7-12(10-11)17-15(16(18)19)13-8-3-4-9-14(13)20-2/h3-10,15,17H,1-2H3,(H,18,19). The topological polar surface area (TPSA) is 58.6 Å². The van der Waals surface area contributed by atoms with Gasteiger partial charge in [0.1, 0.15) is 5.75 Å². The van der Waals surface area contributed by atoms with Crippen LogP contribution in [0.15, 0.2) is 48.5 Å². The van der Waals surface area contributed by atoms with Crippen LogP contribution in [0.2, 0.25) is 0 Å². The third kappa shape index (κ3) is 3.09. The summed E-state index contributed by atoms with van der Waals surface area (Å²) >= 11 is 0. The molecule has 2 aromatic carbocycles. The zero-order valence-corrected chi connectivity index (χ0v) is 11.5. The van der Waals surface area contributed by atoms with Gasteiger partial charge in [0, 0.05) is 11.3 Å². The van der Waals surface area contributed by atoms with E-state index in [0.717, 1.165) is 11.3 Å². The highest BCUT2D eigenvalue weighted by atomic mass is 16.5. The number of hydrogen-bond acceptors (Lipinski definition) is 3. The fourth-order valence-electron chi connectivity index (χ4n) is 2.08. The monoisotopic (exact) mass is 271 g/mol. The molecule has 0 radical (unpaired) electrons. The molecule has 4 nitrogen and oxygen atoms in total. The molecule has 0 aliphatic heterocycles. The number of aryl methyl sites for hydroxylation is 1. The van der Waals surface area contributed by atoms with Crippen LogP contribution >= 0.6 is 0 Å². The molecule has 0 aliphatic carbocycles. The fourth-order valence-corrected chi connectivity index (χ4v) is 2.08. The second-order valence-electron chi connectivity index (χ2n) is 4.53. The van der Waals surface area contributed by atoms with Gasteiger partial charge < -0.3 is 15.2 Å². The number of nitrogens with one attached hydrogen (secondary N) is 1. The molecule has 2 aromatic rings. The lowest BCUT2D eigenvalue weighted by Gasteiger charge is -2.18. The molecular formula is C16H17NO3. The largest absolute Gasteiger partial charge is 0.496 e. The van der Waals surface area contributed by atoms with Crippen LogP contribution in [0.1, 0.15) is 17.2 Å². The fraction of sp³-hybridized carbons (Fsp3) is 0.188. The van der Waals surface area contributed by atoms with Crippen molar-refractivity contribution < 1.29 is 14.6 Å². The molecule has 0 amide bonds. The summed E-state index contributed by atoms with van der Waals surface area (Å²) in [5.41, 5.74) is 2.44. The zero-order valence-electron chi connectivity index (χ0n) is 11.5. The Bertz CT molecular complexity index is 610. The number of para-hydroxylation sites is 1. The van der Waals surface area contributed by atoms with E-state index in [2.05, 4.69) is 5.32 Å². The first-order valence-electron chi connectivity index (χ1n) is 6.30. The van der Waals surface area contributed by atoms with E-state index < -0.39 is 12.0 Å². The molecule has 0 saturated carbocycles. The third-order valence-electron chi connectivity index (χ3n) is 3.03. The van der Waals surface area contributed by atoms with Gasteiger partial charge in [0.25, 0.3) is 0 Å². The maximum Gasteiger partial charge on any atom is 0.330 e. The number of carboxylic acid groups (broad SMARTS) is 1. The predicted octanol–water partition coefficient (Wildman–Crippen LogP) is 3.24. The molecule has 2 N–H and O–H groups in total. The average Bonchev–Trinajstić information content (AvgIpc) is 2.44. The van der Waals surface area contributed by atoms with Crippen molar-refractivity contribution >= 4 is 11.7 Å². The number of benzene rings is 2. The Morgan fingerprint density at radius 2 is 1.95 bits per heavy atom. The Hall–Kier alpha value is -2.49. The number of carbonyl (C=O) groups is 1. The Morgan fingerprint density at radius 1 is 1.20 bits per heavy atom. The van der Waals surface area contributed by atoms with Crippen LogP contribution < -0.4 is 10.1 Å². The van der Waals surface area contributed by atoms with Crippen molar-refractivity contribution in [2.75, 3.05) is 12.4 Å². The lowest BCUT2D eigenvalue weighted by molar-refractivity contribution is -0.138. The summed E-state index contributed by atoms with van der Waals surface area (Å²) in [4.78, 5) is 11.5. The summed E-state index contributed by atoms with van der Waals surface area (Å²) < 4.78 is 5.23. The zero-order chi connectivity index (χ0) is 14.5. The van der Waals surface area contributed by atoms with Crippen LogP contribution in [0.25, 0.3) is 0 Å². The van der Waals surface area contributed by atoms with E-state index >= 15 is 0 Å². The Kier molecular flexibility index (Phi) is 4.25. The van der Waals surface area contributed by atoms with Gasteiger partial charge >= 0.3 is 5.97 Å². The SMILES string of the molecule is COc1ccccc1C(Nc1cccc(C)c1)C(=O)O. The highest BCUT2D eigenvalue weighted by Crippen LogP contribution is 2.28. The van der Waals surface area contributed by atoms with E-state index in [9.17, 15) is 9.90 Å². The lowest BCUT2D eigenvalue weighted by atomic mass is 10.0. The molecule has 0 heterocycles. The summed E-state index contributed by atoms with van der Waals surface area (Å²) in [5.74, 6) is -0.393. The molecule has 4 heteroatoms. The summed E-state index contributed by atoms with van der Waals surface area (Å²) in [6.07, 6.45) is 0. The van der Waals surface area contributed by atoms with E-state index in [1.165, 1.54) is 7.11 Å². The molecule has 1 unspecified atom stereocenters. The van der Waals surface area contributed by atoms with Crippen LogP contribution in [0.3, 0.4) is 0 Å². The molecule has 20 heavy (non-hydrogen) atoms. The average molecular weight is 271 g/mol. The van der Waals surface area contributed by atoms with E-state index in [4.69, 9.17) is 4.74 Å². The minimum absolute atomic E-state index is 0.556. The number of anilines is 1. The van der Waals surface area contributed by atoms with Crippen LogP contribution in [0.4, 0.5) is 5.69 Å². The van der Waals surface area contributed by atoms with Gasteiger partial charge in [0.05, 0.1) is 7.11 Å². The van der Waals surface area contributed by atoms with Gasteiger partial charge in [-0.25, -0.2) is 4.79 Å². The summed E-state index contributed by atoms with van der Waals surface area (Å²) in [6, 6.07) is 13.9. The summed E-state index contributed by atoms with van der Waals surface area (Å²) in [7, 11) is 1.53. The Balaban J connectivity index is 2.34. The first-order chi connectivity index (χ1) is 9.61. The molecule has 0 saturated heterocycles. The molecule has 0 aromatic heterocycles. The van der Waals surface area contributed by atoms with Gasteiger partial charge in [0.2, 0.25) is 0 Å². The van der Waals surface area contributed by atoms with Crippen LogP contribution in [-0.4, -0.2) is 18.2 Å². The van der Waals surface area contributed by atoms with E-state index in [1.807, 2.05) is 37.3 Å². The number of hydrogen-bond donors (Lipinski definition) is 2. The maximum absolute atomic E-state index is 11.5. The van der Waals surface area contributed by atoms with Crippen LogP contribution in [0.5, 0.6) is 5.75 Å². The number of carboxylic acids is 1. The minimum atomic E-state index is -0.948. The Labute approximate surface area is 118 Å². The normalized spacial score (nSPS) is 11.7. The molecule has 104 valence electrons. The Morgan fingerprint density at radius 3 is 2.60 bits per heavy atom. The highest BCUT2D eigenvalue weighted by molar-refractivity contribution is 5.80. The minimum Gasteiger partial charge on any atom is -0.496 e. The second-order valence-corrected chi connectivity index (χ2v) is 4.53. The number of ether oxygens (including phenoxy) is 1. The van der Waals surface area contributed by atoms with Gasteiger partial charge in [0.15, 0.2) is 6.04 Å². The molecule has 0 fully saturated rings. The van der Waals surface area contributed by atoms with Gasteiger partial charge in [-0.1, -0.05) is 30.3 Å². The summed E-state index contributed by atoms with van der Waals surface area (Å²) in [6.45, 7) is 1.96. The lowest BCUT2D eigenvalue weighted by Crippen LogP contribution is -2.21. The predicted molar refractivity (Wildman–Crippen MR) is 78.2 cm³/mol. The summed E-state index contributed by atoms with van der Waals surface area (Å²) in [5, 5.41) is 12.5. The first-order valence-corrected chi connectivity index (χ1v) is 6.30. The smallest absolute Gasteiger partial charge is 0.330 e. The van der Waals surface area contributed by atoms with Crippen molar-refractivity contribution in [3.05, 3.63) is 59.7 Å². The van der Waals surface area contributed by atoms with Gasteiger partial charge in [-0.05, 0) is 30.7 Å². The molecule has 0 aliphatic rings. The maximum atomic E-state index is 11.5. The van der Waals surface area contributed by atoms with Crippen molar-refractivity contribution in [2.45, 2.75) is 13.0 Å². The van der Waals surface area contributed by atoms with Crippen molar-refractivity contribution in [3.63, 3.8) is 0 Å². The molecular weight excluding hydrogens is 254 g/mol. The van der Waals surface area contributed by atoms with Crippen LogP contribution in [-0.2, 0) is 4.79 Å². The molecule has 0 spiro atoms. The second kappa shape index (κ2) is 6.10. The van der Waals surface area contributed by atoms with Crippen LogP contribution in [0, 0.1) is 6.92 Å². The molecule has 1 atom stereocenters. The number of aliphatic carboxylic acids is 1. The highest BCUT2D eigenvalue weighted by Gasteiger charge is 2.22. The van der Waals surface area contributed by atoms with E-state index in [-0.39, 0.29) is 0 Å². The quantitative estimate of drug-likeness (QED) is 0.876. The molecule has 2 rings (SSSR count). The molecule has 0 bridgehead atoms.